The molecule has 1 fully saturated rings. The number of primary amides is 1. The molecule has 2 N–H and O–H groups in total. The van der Waals surface area contributed by atoms with E-state index in [2.05, 4.69) is 5.10 Å². The minimum Gasteiger partial charge on any atom is -0.379 e. The van der Waals surface area contributed by atoms with Gasteiger partial charge < -0.3 is 10.5 Å². The summed E-state index contributed by atoms with van der Waals surface area (Å²) in [5.41, 5.74) is 5.59. The van der Waals surface area contributed by atoms with Crippen molar-refractivity contribution in [2.45, 2.75) is 18.9 Å². The Morgan fingerprint density at radius 3 is 3.14 bits per heavy atom. The number of ether oxygens (including phenoxy) is 1. The van der Waals surface area contributed by atoms with Crippen molar-refractivity contribution in [3.63, 3.8) is 0 Å². The van der Waals surface area contributed by atoms with Crippen LogP contribution in [-0.2, 0) is 4.74 Å². The van der Waals surface area contributed by atoms with Crippen molar-refractivity contribution >= 4 is 5.91 Å². The quantitative estimate of drug-likeness (QED) is 0.739. The normalized spacial score (nSPS) is 22.1. The molecule has 1 unspecified atom stereocenters. The number of carbonyl (C=O) groups excluding carboxylic acids is 1. The van der Waals surface area contributed by atoms with Gasteiger partial charge >= 0.3 is 0 Å². The van der Waals surface area contributed by atoms with Crippen LogP contribution in [0.3, 0.4) is 0 Å². The zero-order valence-electron chi connectivity index (χ0n) is 7.85. The molecule has 76 valence electrons. The van der Waals surface area contributed by atoms with Crippen LogP contribution >= 0.6 is 0 Å². The van der Waals surface area contributed by atoms with Crippen LogP contribution in [0.4, 0.5) is 0 Å². The van der Waals surface area contributed by atoms with E-state index >= 15 is 0 Å². The van der Waals surface area contributed by atoms with Crippen LogP contribution in [0.5, 0.6) is 0 Å². The Morgan fingerprint density at radius 1 is 1.71 bits per heavy atom. The number of rotatable bonds is 2. The van der Waals surface area contributed by atoms with Gasteiger partial charge in [-0.15, -0.1) is 0 Å². The topological polar surface area (TPSA) is 70.1 Å². The second-order valence-electron chi connectivity index (χ2n) is 3.44. The van der Waals surface area contributed by atoms with Crippen molar-refractivity contribution < 1.29 is 9.53 Å². The highest BCUT2D eigenvalue weighted by Gasteiger charge is 2.17. The molecule has 1 aromatic rings. The van der Waals surface area contributed by atoms with Gasteiger partial charge in [-0.1, -0.05) is 0 Å². The average molecular weight is 195 g/mol. The number of amides is 1. The summed E-state index contributed by atoms with van der Waals surface area (Å²) in [5, 5.41) is 4.10. The summed E-state index contributed by atoms with van der Waals surface area (Å²) in [6.07, 6.45) is 5.26. The molecule has 1 saturated heterocycles. The molecule has 2 rings (SSSR count). The smallest absolute Gasteiger partial charge is 0.251 e. The highest BCUT2D eigenvalue weighted by atomic mass is 16.5. The molecule has 1 amide bonds. The minimum atomic E-state index is -0.437. The van der Waals surface area contributed by atoms with Gasteiger partial charge in [-0.2, -0.15) is 5.10 Å². The van der Waals surface area contributed by atoms with Crippen LogP contribution in [0.2, 0.25) is 0 Å². The van der Waals surface area contributed by atoms with E-state index < -0.39 is 5.91 Å². The standard InChI is InChI=1S/C9H13N3O2/c10-9(13)7-4-11-12(5-7)8-2-1-3-14-6-8/h4-5,8H,1-3,6H2,(H2,10,13). The maximum Gasteiger partial charge on any atom is 0.251 e. The summed E-state index contributed by atoms with van der Waals surface area (Å²) >= 11 is 0. The Bertz CT molecular complexity index is 329. The Hall–Kier alpha value is -1.36. The number of nitrogens with two attached hydrogens (primary N) is 1. The van der Waals surface area contributed by atoms with E-state index in [1.807, 2.05) is 0 Å². The highest BCUT2D eigenvalue weighted by molar-refractivity contribution is 5.92. The summed E-state index contributed by atoms with van der Waals surface area (Å²) in [5.74, 6) is -0.437. The van der Waals surface area contributed by atoms with Gasteiger partial charge in [-0.3, -0.25) is 9.48 Å². The van der Waals surface area contributed by atoms with E-state index in [0.29, 0.717) is 12.2 Å². The molecular weight excluding hydrogens is 182 g/mol. The van der Waals surface area contributed by atoms with Crippen LogP contribution in [0.1, 0.15) is 29.2 Å². The van der Waals surface area contributed by atoms with Crippen LogP contribution in [0, 0.1) is 0 Å². The molecule has 2 heterocycles. The highest BCUT2D eigenvalue weighted by Crippen LogP contribution is 2.18. The predicted octanol–water partition coefficient (Wildman–Crippen LogP) is 0.333. The first-order chi connectivity index (χ1) is 6.77. The molecule has 0 radical (unpaired) electrons. The summed E-state index contributed by atoms with van der Waals surface area (Å²) < 4.78 is 7.09. The van der Waals surface area contributed by atoms with Crippen molar-refractivity contribution in [1.29, 1.82) is 0 Å². The van der Waals surface area contributed by atoms with Crippen LogP contribution in [0.25, 0.3) is 0 Å². The van der Waals surface area contributed by atoms with E-state index in [4.69, 9.17) is 10.5 Å². The number of hydrogen-bond donors (Lipinski definition) is 1. The fourth-order valence-corrected chi connectivity index (χ4v) is 1.60. The zero-order valence-corrected chi connectivity index (χ0v) is 7.85. The fourth-order valence-electron chi connectivity index (χ4n) is 1.60. The molecule has 0 aromatic carbocycles. The number of carbonyl (C=O) groups is 1. The second-order valence-corrected chi connectivity index (χ2v) is 3.44. The van der Waals surface area contributed by atoms with E-state index in [0.717, 1.165) is 19.4 Å². The third kappa shape index (κ3) is 1.77. The van der Waals surface area contributed by atoms with Crippen molar-refractivity contribution in [3.05, 3.63) is 18.0 Å². The van der Waals surface area contributed by atoms with Gasteiger partial charge in [0.1, 0.15) is 0 Å². The minimum absolute atomic E-state index is 0.247. The molecule has 1 atom stereocenters. The summed E-state index contributed by atoms with van der Waals surface area (Å²) in [6, 6.07) is 0.247. The monoisotopic (exact) mass is 195 g/mol. The number of nitrogens with zero attached hydrogens (tertiary/aromatic N) is 2. The van der Waals surface area contributed by atoms with E-state index in [1.54, 1.807) is 10.9 Å². The van der Waals surface area contributed by atoms with E-state index in [-0.39, 0.29) is 6.04 Å². The lowest BCUT2D eigenvalue weighted by Crippen LogP contribution is -2.21. The van der Waals surface area contributed by atoms with Crippen molar-refractivity contribution in [2.75, 3.05) is 13.2 Å². The van der Waals surface area contributed by atoms with Gasteiger partial charge in [0.05, 0.1) is 24.4 Å². The lowest BCUT2D eigenvalue weighted by molar-refractivity contribution is 0.0549. The first-order valence-corrected chi connectivity index (χ1v) is 4.69. The molecule has 5 nitrogen and oxygen atoms in total. The Labute approximate surface area is 81.8 Å². The molecule has 0 aliphatic carbocycles. The molecule has 0 saturated carbocycles. The Balaban J connectivity index is 2.11. The van der Waals surface area contributed by atoms with Crippen LogP contribution < -0.4 is 5.73 Å². The Morgan fingerprint density at radius 2 is 2.57 bits per heavy atom. The van der Waals surface area contributed by atoms with Gasteiger partial charge in [-0.05, 0) is 12.8 Å². The first kappa shape index (κ1) is 9.21. The summed E-state index contributed by atoms with van der Waals surface area (Å²) in [6.45, 7) is 1.49. The maximum absolute atomic E-state index is 10.8. The molecule has 1 aliphatic heterocycles. The summed E-state index contributed by atoms with van der Waals surface area (Å²) in [7, 11) is 0. The molecule has 0 spiro atoms. The molecule has 1 aromatic heterocycles. The largest absolute Gasteiger partial charge is 0.379 e. The number of aromatic nitrogens is 2. The molecule has 1 aliphatic rings. The number of hydrogen-bond acceptors (Lipinski definition) is 3. The molecule has 5 heteroatoms. The fraction of sp³-hybridized carbons (Fsp3) is 0.556. The third-order valence-corrected chi connectivity index (χ3v) is 2.40. The lowest BCUT2D eigenvalue weighted by atomic mass is 10.1. The Kier molecular flexibility index (Phi) is 2.49. The van der Waals surface area contributed by atoms with Gasteiger partial charge in [0.15, 0.2) is 0 Å². The van der Waals surface area contributed by atoms with Crippen molar-refractivity contribution in [3.8, 4) is 0 Å². The van der Waals surface area contributed by atoms with Crippen LogP contribution in [0.15, 0.2) is 12.4 Å². The summed E-state index contributed by atoms with van der Waals surface area (Å²) in [4.78, 5) is 10.8. The molecular formula is C9H13N3O2. The third-order valence-electron chi connectivity index (χ3n) is 2.40. The van der Waals surface area contributed by atoms with Gasteiger partial charge in [0, 0.05) is 12.8 Å². The zero-order chi connectivity index (χ0) is 9.97. The average Bonchev–Trinajstić information content (AvgIpc) is 2.68. The predicted molar refractivity (Wildman–Crippen MR) is 49.8 cm³/mol. The lowest BCUT2D eigenvalue weighted by Gasteiger charge is -2.22. The van der Waals surface area contributed by atoms with E-state index in [9.17, 15) is 4.79 Å². The maximum atomic E-state index is 10.8. The first-order valence-electron chi connectivity index (χ1n) is 4.69. The van der Waals surface area contributed by atoms with Crippen molar-refractivity contribution in [2.24, 2.45) is 5.73 Å². The van der Waals surface area contributed by atoms with Crippen molar-refractivity contribution in [1.82, 2.24) is 9.78 Å². The van der Waals surface area contributed by atoms with Gasteiger partial charge in [0.25, 0.3) is 5.91 Å². The second kappa shape index (κ2) is 3.79. The van der Waals surface area contributed by atoms with Gasteiger partial charge in [-0.25, -0.2) is 0 Å². The van der Waals surface area contributed by atoms with Gasteiger partial charge in [0.2, 0.25) is 0 Å². The molecule has 0 bridgehead atoms. The van der Waals surface area contributed by atoms with E-state index in [1.165, 1.54) is 6.20 Å². The molecule has 14 heavy (non-hydrogen) atoms. The SMILES string of the molecule is NC(=O)c1cnn(C2CCCOC2)c1. The van der Waals surface area contributed by atoms with Crippen LogP contribution in [-0.4, -0.2) is 28.9 Å².